The maximum atomic E-state index is 11.8. The van der Waals surface area contributed by atoms with Crippen LogP contribution in [0.3, 0.4) is 0 Å². The van der Waals surface area contributed by atoms with E-state index < -0.39 is 36.3 Å². The van der Waals surface area contributed by atoms with Crippen molar-refractivity contribution >= 4 is 11.8 Å². The van der Waals surface area contributed by atoms with E-state index in [9.17, 15) is 24.7 Å². The quantitative estimate of drug-likeness (QED) is 0.355. The van der Waals surface area contributed by atoms with Gasteiger partial charge in [-0.25, -0.2) is 9.59 Å². The van der Waals surface area contributed by atoms with Gasteiger partial charge in [-0.3, -0.25) is 4.57 Å². The zero-order chi connectivity index (χ0) is 17.1. The molecule has 1 aliphatic rings. The van der Waals surface area contributed by atoms with Crippen molar-refractivity contribution in [2.75, 3.05) is 19.3 Å². The number of hydrogen-bond donors (Lipinski definition) is 4. The summed E-state index contributed by atoms with van der Waals surface area (Å²) in [5.74, 6) is 0.00694. The molecule has 0 aromatic carbocycles. The first-order chi connectivity index (χ1) is 10.8. The van der Waals surface area contributed by atoms with E-state index >= 15 is 0 Å². The van der Waals surface area contributed by atoms with Crippen molar-refractivity contribution in [2.45, 2.75) is 24.5 Å². The third-order valence-corrected chi connectivity index (χ3v) is 3.33. The monoisotopic (exact) mass is 328 g/mol. The zero-order valence-electron chi connectivity index (χ0n) is 12.1. The lowest BCUT2D eigenvalue weighted by Crippen LogP contribution is -2.42. The van der Waals surface area contributed by atoms with Crippen LogP contribution in [0.1, 0.15) is 6.23 Å². The average molecular weight is 328 g/mol. The second-order valence-electron chi connectivity index (χ2n) is 4.88. The van der Waals surface area contributed by atoms with Crippen LogP contribution in [0.5, 0.6) is 0 Å². The Balaban J connectivity index is 2.07. The van der Waals surface area contributed by atoms with Crippen LogP contribution >= 0.6 is 0 Å². The number of carbonyl (C=O) groups excluding carboxylic acids is 1. The Morgan fingerprint density at radius 1 is 1.57 bits per heavy atom. The van der Waals surface area contributed by atoms with Gasteiger partial charge in [0.2, 0.25) is 0 Å². The van der Waals surface area contributed by atoms with E-state index in [-0.39, 0.29) is 12.4 Å². The van der Waals surface area contributed by atoms with Gasteiger partial charge in [-0.2, -0.15) is 9.99 Å². The molecule has 2 amide bonds. The Morgan fingerprint density at radius 2 is 2.26 bits per heavy atom. The van der Waals surface area contributed by atoms with E-state index in [4.69, 9.17) is 10.5 Å². The molecule has 0 bridgehead atoms. The number of amides is 2. The van der Waals surface area contributed by atoms with Crippen molar-refractivity contribution in [1.29, 1.82) is 0 Å². The maximum Gasteiger partial charge on any atom is 0.351 e. The van der Waals surface area contributed by atoms with Crippen LogP contribution in [0.4, 0.5) is 10.6 Å². The molecular weight excluding hydrogens is 312 g/mol. The summed E-state index contributed by atoms with van der Waals surface area (Å²) in [6.07, 6.45) is -3.69. The summed E-state index contributed by atoms with van der Waals surface area (Å²) >= 11 is 0. The fraction of sp³-hybridized carbons (Fsp3) is 0.545. The standard InChI is InChI=1S/C11H16N6O6/c1-16(15-22)10(20)13-4-5-7(18)8(19)9(23-5)17-3-2-6(12)14-11(17)21/h2-3,5,7-9,18-19H,4H2,1H3,(H,13,20)(H2,12,14,21)/t5-,7-,8-,9-/m1/s1. The average Bonchev–Trinajstić information content (AvgIpc) is 2.80. The molecule has 2 rings (SSSR count). The Hall–Kier alpha value is -2.57. The first-order valence-corrected chi connectivity index (χ1v) is 6.56. The predicted molar refractivity (Wildman–Crippen MR) is 75.8 cm³/mol. The molecule has 0 aliphatic carbocycles. The molecule has 2 heterocycles. The van der Waals surface area contributed by atoms with Gasteiger partial charge < -0.3 is 26.0 Å². The number of nitrogens with two attached hydrogens (primary N) is 1. The highest BCUT2D eigenvalue weighted by molar-refractivity contribution is 5.73. The summed E-state index contributed by atoms with van der Waals surface area (Å²) in [4.78, 5) is 36.9. The minimum absolute atomic E-state index is 0.00694. The molecule has 126 valence electrons. The van der Waals surface area contributed by atoms with E-state index in [1.807, 2.05) is 0 Å². The number of nitrogens with zero attached hydrogens (tertiary/aromatic N) is 4. The summed E-state index contributed by atoms with van der Waals surface area (Å²) in [6.45, 7) is -0.204. The van der Waals surface area contributed by atoms with Gasteiger partial charge in [0.15, 0.2) is 6.23 Å². The molecule has 0 unspecified atom stereocenters. The SMILES string of the molecule is CN(N=O)C(=O)NC[C@H]1O[C@@H](n2ccc(N)nc2=O)[C@H](O)[C@@H]1O. The summed E-state index contributed by atoms with van der Waals surface area (Å²) < 4.78 is 6.37. The van der Waals surface area contributed by atoms with Gasteiger partial charge in [-0.05, 0) is 6.07 Å². The number of anilines is 1. The molecule has 4 atom stereocenters. The number of nitroso groups, excluding NO2 is 1. The molecule has 1 saturated heterocycles. The molecule has 23 heavy (non-hydrogen) atoms. The molecule has 1 aromatic rings. The molecule has 0 radical (unpaired) electrons. The van der Waals surface area contributed by atoms with Crippen molar-refractivity contribution in [3.8, 4) is 0 Å². The number of hydrogen-bond acceptors (Lipinski definition) is 9. The van der Waals surface area contributed by atoms with Crippen molar-refractivity contribution < 1.29 is 19.7 Å². The number of nitrogens with one attached hydrogen (secondary N) is 1. The number of urea groups is 1. The molecule has 0 saturated carbocycles. The van der Waals surface area contributed by atoms with Crippen LogP contribution in [0.15, 0.2) is 22.3 Å². The van der Waals surface area contributed by atoms with Crippen LogP contribution in [0.2, 0.25) is 0 Å². The number of nitrogen functional groups attached to an aromatic ring is 1. The fourth-order valence-electron chi connectivity index (χ4n) is 2.09. The van der Waals surface area contributed by atoms with Crippen molar-refractivity contribution in [3.63, 3.8) is 0 Å². The van der Waals surface area contributed by atoms with Gasteiger partial charge in [0, 0.05) is 19.8 Å². The summed E-state index contributed by atoms with van der Waals surface area (Å²) in [5.41, 5.74) is 4.62. The second kappa shape index (κ2) is 6.68. The number of carbonyl (C=O) groups is 1. The number of aliphatic hydroxyl groups is 2. The Morgan fingerprint density at radius 3 is 2.87 bits per heavy atom. The van der Waals surface area contributed by atoms with E-state index in [0.29, 0.717) is 5.01 Å². The highest BCUT2D eigenvalue weighted by Gasteiger charge is 2.44. The normalized spacial score (nSPS) is 26.7. The smallest absolute Gasteiger partial charge is 0.351 e. The number of rotatable bonds is 4. The topological polar surface area (TPSA) is 172 Å². The van der Waals surface area contributed by atoms with E-state index in [0.717, 1.165) is 11.6 Å². The summed E-state index contributed by atoms with van der Waals surface area (Å²) in [5, 5.41) is 25.2. The summed E-state index contributed by atoms with van der Waals surface area (Å²) in [7, 11) is 1.14. The van der Waals surface area contributed by atoms with Gasteiger partial charge >= 0.3 is 11.7 Å². The lowest BCUT2D eigenvalue weighted by atomic mass is 10.1. The fourth-order valence-corrected chi connectivity index (χ4v) is 2.09. The first-order valence-electron chi connectivity index (χ1n) is 6.56. The third kappa shape index (κ3) is 3.44. The zero-order valence-corrected chi connectivity index (χ0v) is 12.1. The minimum atomic E-state index is -1.41. The molecule has 1 aliphatic heterocycles. The number of ether oxygens (including phenoxy) is 1. The molecule has 12 heteroatoms. The van der Waals surface area contributed by atoms with Crippen molar-refractivity contribution in [3.05, 3.63) is 27.7 Å². The Kier molecular flexibility index (Phi) is 4.88. The van der Waals surface area contributed by atoms with Crippen LogP contribution < -0.4 is 16.7 Å². The van der Waals surface area contributed by atoms with Gasteiger partial charge in [-0.1, -0.05) is 0 Å². The minimum Gasteiger partial charge on any atom is -0.387 e. The van der Waals surface area contributed by atoms with E-state index in [1.165, 1.54) is 12.3 Å². The molecule has 5 N–H and O–H groups in total. The van der Waals surface area contributed by atoms with Gasteiger partial charge in [-0.15, -0.1) is 4.91 Å². The third-order valence-electron chi connectivity index (χ3n) is 3.33. The van der Waals surface area contributed by atoms with Crippen molar-refractivity contribution in [1.82, 2.24) is 19.9 Å². The van der Waals surface area contributed by atoms with Crippen molar-refractivity contribution in [2.24, 2.45) is 5.29 Å². The number of aromatic nitrogens is 2. The molecule has 1 aromatic heterocycles. The molecule has 1 fully saturated rings. The molecular formula is C11H16N6O6. The Bertz CT molecular complexity index is 650. The second-order valence-corrected chi connectivity index (χ2v) is 4.88. The van der Waals surface area contributed by atoms with Gasteiger partial charge in [0.1, 0.15) is 24.1 Å². The molecule has 12 nitrogen and oxygen atoms in total. The van der Waals surface area contributed by atoms with Crippen LogP contribution in [-0.2, 0) is 4.74 Å². The highest BCUT2D eigenvalue weighted by atomic mass is 16.6. The summed E-state index contributed by atoms with van der Waals surface area (Å²) in [6, 6.07) is 0.531. The largest absolute Gasteiger partial charge is 0.387 e. The van der Waals surface area contributed by atoms with Gasteiger partial charge in [0.05, 0.1) is 5.29 Å². The van der Waals surface area contributed by atoms with Crippen LogP contribution in [0.25, 0.3) is 0 Å². The van der Waals surface area contributed by atoms with E-state index in [2.05, 4.69) is 15.6 Å². The molecule has 0 spiro atoms. The lowest BCUT2D eigenvalue weighted by molar-refractivity contribution is -0.0385. The number of aliphatic hydroxyl groups excluding tert-OH is 2. The maximum absolute atomic E-state index is 11.8. The highest BCUT2D eigenvalue weighted by Crippen LogP contribution is 2.28. The first kappa shape index (κ1) is 16.8. The van der Waals surface area contributed by atoms with Gasteiger partial charge in [0.25, 0.3) is 0 Å². The predicted octanol–water partition coefficient (Wildman–Crippen LogP) is -2.23. The Labute approximate surface area is 129 Å². The van der Waals surface area contributed by atoms with Crippen LogP contribution in [-0.4, -0.2) is 62.7 Å². The van der Waals surface area contributed by atoms with E-state index in [1.54, 1.807) is 0 Å². The lowest BCUT2D eigenvalue weighted by Gasteiger charge is -2.17. The van der Waals surface area contributed by atoms with Crippen LogP contribution in [0, 0.1) is 4.91 Å².